The van der Waals surface area contributed by atoms with E-state index in [0.717, 1.165) is 0 Å². The van der Waals surface area contributed by atoms with Gasteiger partial charge in [-0.2, -0.15) is 0 Å². The number of Topliss-reactive ketones (excluding diaryl/α,β-unsaturated/α-hetero) is 1. The predicted molar refractivity (Wildman–Crippen MR) is 80.2 cm³/mol. The number of nitrogens with one attached hydrogen (secondary N) is 1. The maximum atomic E-state index is 12.1. The molecule has 0 heterocycles. The maximum Gasteiger partial charge on any atom is 0.180 e. The van der Waals surface area contributed by atoms with Gasteiger partial charge in [0.05, 0.1) is 19.2 Å². The zero-order valence-electron chi connectivity index (χ0n) is 11.8. The highest BCUT2D eigenvalue weighted by Gasteiger charge is 2.10. The van der Waals surface area contributed by atoms with Crippen molar-refractivity contribution in [2.45, 2.75) is 13.5 Å². The van der Waals surface area contributed by atoms with Gasteiger partial charge >= 0.3 is 0 Å². The summed E-state index contributed by atoms with van der Waals surface area (Å²) < 4.78 is 5.20. The zero-order chi connectivity index (χ0) is 14.4. The van der Waals surface area contributed by atoms with Crippen molar-refractivity contribution in [2.24, 2.45) is 0 Å². The van der Waals surface area contributed by atoms with Crippen LogP contribution in [0.2, 0.25) is 0 Å². The van der Waals surface area contributed by atoms with Gasteiger partial charge in [-0.3, -0.25) is 4.79 Å². The van der Waals surface area contributed by atoms with Crippen LogP contribution in [0, 0.1) is 6.92 Å². The lowest BCUT2D eigenvalue weighted by Gasteiger charge is -2.08. The third-order valence-corrected chi connectivity index (χ3v) is 3.14. The summed E-state index contributed by atoms with van der Waals surface area (Å²) in [5.74, 6) is 0.657. The SMILES string of the molecule is COc1ccccc1C(=O)CNCc1ccc(C)cc1. The van der Waals surface area contributed by atoms with Crippen LogP contribution in [0.1, 0.15) is 21.5 Å². The fourth-order valence-electron chi connectivity index (χ4n) is 2.00. The quantitative estimate of drug-likeness (QED) is 0.819. The normalized spacial score (nSPS) is 10.3. The van der Waals surface area contributed by atoms with E-state index in [-0.39, 0.29) is 5.78 Å². The molecule has 3 nitrogen and oxygen atoms in total. The van der Waals surface area contributed by atoms with Crippen LogP contribution in [-0.4, -0.2) is 19.4 Å². The van der Waals surface area contributed by atoms with Crippen molar-refractivity contribution in [2.75, 3.05) is 13.7 Å². The Morgan fingerprint density at radius 2 is 1.80 bits per heavy atom. The molecule has 0 atom stereocenters. The van der Waals surface area contributed by atoms with E-state index >= 15 is 0 Å². The number of para-hydroxylation sites is 1. The van der Waals surface area contributed by atoms with Crippen LogP contribution in [-0.2, 0) is 6.54 Å². The van der Waals surface area contributed by atoms with E-state index in [9.17, 15) is 4.79 Å². The second-order valence-corrected chi connectivity index (χ2v) is 4.71. The Kier molecular flexibility index (Phi) is 4.91. The van der Waals surface area contributed by atoms with Gasteiger partial charge in [0, 0.05) is 6.54 Å². The summed E-state index contributed by atoms with van der Waals surface area (Å²) in [6, 6.07) is 15.6. The smallest absolute Gasteiger partial charge is 0.180 e. The molecule has 0 bridgehead atoms. The van der Waals surface area contributed by atoms with Gasteiger partial charge in [-0.05, 0) is 24.6 Å². The van der Waals surface area contributed by atoms with E-state index in [1.54, 1.807) is 19.2 Å². The number of hydrogen-bond donors (Lipinski definition) is 1. The standard InChI is InChI=1S/C17H19NO2/c1-13-7-9-14(10-8-13)11-18-12-16(19)15-5-3-4-6-17(15)20-2/h3-10,18H,11-12H2,1-2H3. The first-order valence-corrected chi connectivity index (χ1v) is 6.63. The van der Waals surface area contributed by atoms with Crippen LogP contribution in [0.25, 0.3) is 0 Å². The molecular formula is C17H19NO2. The van der Waals surface area contributed by atoms with E-state index in [2.05, 4.69) is 36.5 Å². The summed E-state index contributed by atoms with van der Waals surface area (Å²) >= 11 is 0. The fourth-order valence-corrected chi connectivity index (χ4v) is 2.00. The molecule has 0 radical (unpaired) electrons. The lowest BCUT2D eigenvalue weighted by atomic mass is 10.1. The van der Waals surface area contributed by atoms with Gasteiger partial charge in [0.2, 0.25) is 0 Å². The first-order chi connectivity index (χ1) is 9.70. The van der Waals surface area contributed by atoms with Gasteiger partial charge in [-0.1, -0.05) is 42.0 Å². The van der Waals surface area contributed by atoms with Crippen LogP contribution in [0.15, 0.2) is 48.5 Å². The number of carbonyl (C=O) groups excluding carboxylic acids is 1. The third-order valence-electron chi connectivity index (χ3n) is 3.14. The van der Waals surface area contributed by atoms with Crippen molar-refractivity contribution in [1.29, 1.82) is 0 Å². The number of aryl methyl sites for hydroxylation is 1. The molecule has 20 heavy (non-hydrogen) atoms. The fraction of sp³-hybridized carbons (Fsp3) is 0.235. The molecule has 2 aromatic rings. The van der Waals surface area contributed by atoms with Crippen molar-refractivity contribution in [3.8, 4) is 5.75 Å². The molecule has 0 aliphatic rings. The minimum Gasteiger partial charge on any atom is -0.496 e. The van der Waals surface area contributed by atoms with Crippen molar-refractivity contribution in [3.63, 3.8) is 0 Å². The van der Waals surface area contributed by atoms with Crippen LogP contribution >= 0.6 is 0 Å². The lowest BCUT2D eigenvalue weighted by molar-refractivity contribution is 0.0988. The van der Waals surface area contributed by atoms with Crippen molar-refractivity contribution < 1.29 is 9.53 Å². The number of carbonyl (C=O) groups is 1. The summed E-state index contributed by atoms with van der Waals surface area (Å²) in [7, 11) is 1.58. The van der Waals surface area contributed by atoms with Crippen LogP contribution in [0.5, 0.6) is 5.75 Å². The molecule has 0 unspecified atom stereocenters. The first kappa shape index (κ1) is 14.3. The molecule has 0 fully saturated rings. The Bertz CT molecular complexity index is 576. The lowest BCUT2D eigenvalue weighted by Crippen LogP contribution is -2.23. The average molecular weight is 269 g/mol. The summed E-state index contributed by atoms with van der Waals surface area (Å²) in [6.45, 7) is 3.04. The minimum atomic E-state index is 0.0366. The molecule has 0 aliphatic heterocycles. The van der Waals surface area contributed by atoms with Crippen molar-refractivity contribution >= 4 is 5.78 Å². The van der Waals surface area contributed by atoms with Gasteiger partial charge in [-0.15, -0.1) is 0 Å². The monoisotopic (exact) mass is 269 g/mol. The van der Waals surface area contributed by atoms with Gasteiger partial charge in [0.1, 0.15) is 5.75 Å². The van der Waals surface area contributed by atoms with E-state index in [0.29, 0.717) is 24.4 Å². The zero-order valence-corrected chi connectivity index (χ0v) is 11.8. The summed E-state index contributed by atoms with van der Waals surface area (Å²) in [5, 5.41) is 3.17. The second-order valence-electron chi connectivity index (χ2n) is 4.71. The van der Waals surface area contributed by atoms with Crippen LogP contribution in [0.3, 0.4) is 0 Å². The van der Waals surface area contributed by atoms with Gasteiger partial charge in [-0.25, -0.2) is 0 Å². The highest BCUT2D eigenvalue weighted by molar-refractivity contribution is 6.00. The van der Waals surface area contributed by atoms with Crippen molar-refractivity contribution in [3.05, 3.63) is 65.2 Å². The molecule has 2 rings (SSSR count). The van der Waals surface area contributed by atoms with Crippen molar-refractivity contribution in [1.82, 2.24) is 5.32 Å². The van der Waals surface area contributed by atoms with E-state index in [4.69, 9.17) is 4.74 Å². The van der Waals surface area contributed by atoms with Crippen LogP contribution < -0.4 is 10.1 Å². The van der Waals surface area contributed by atoms with Gasteiger partial charge in [0.15, 0.2) is 5.78 Å². The Balaban J connectivity index is 1.90. The molecule has 0 saturated carbocycles. The van der Waals surface area contributed by atoms with E-state index in [1.165, 1.54) is 11.1 Å². The number of hydrogen-bond acceptors (Lipinski definition) is 3. The van der Waals surface area contributed by atoms with Gasteiger partial charge < -0.3 is 10.1 Å². The molecule has 0 aromatic heterocycles. The molecule has 3 heteroatoms. The topological polar surface area (TPSA) is 38.3 Å². The Labute approximate surface area is 119 Å². The Hall–Kier alpha value is -2.13. The second kappa shape index (κ2) is 6.87. The molecule has 1 N–H and O–H groups in total. The number of rotatable bonds is 6. The molecular weight excluding hydrogens is 250 g/mol. The number of ether oxygens (including phenoxy) is 1. The average Bonchev–Trinajstić information content (AvgIpc) is 2.49. The highest BCUT2D eigenvalue weighted by atomic mass is 16.5. The Morgan fingerprint density at radius 1 is 1.10 bits per heavy atom. The third kappa shape index (κ3) is 3.68. The largest absolute Gasteiger partial charge is 0.496 e. The molecule has 0 amide bonds. The molecule has 2 aromatic carbocycles. The predicted octanol–water partition coefficient (Wildman–Crippen LogP) is 2.98. The van der Waals surface area contributed by atoms with Gasteiger partial charge in [0.25, 0.3) is 0 Å². The number of benzene rings is 2. The molecule has 104 valence electrons. The maximum absolute atomic E-state index is 12.1. The summed E-state index contributed by atoms with van der Waals surface area (Å²) in [6.07, 6.45) is 0. The first-order valence-electron chi connectivity index (χ1n) is 6.63. The highest BCUT2D eigenvalue weighted by Crippen LogP contribution is 2.17. The van der Waals surface area contributed by atoms with Crippen LogP contribution in [0.4, 0.5) is 0 Å². The molecule has 0 spiro atoms. The summed E-state index contributed by atoms with van der Waals surface area (Å²) in [5.41, 5.74) is 3.02. The molecule has 0 saturated heterocycles. The summed E-state index contributed by atoms with van der Waals surface area (Å²) in [4.78, 5) is 12.1. The number of methoxy groups -OCH3 is 1. The van der Waals surface area contributed by atoms with E-state index in [1.807, 2.05) is 12.1 Å². The molecule has 0 aliphatic carbocycles. The number of ketones is 1. The van der Waals surface area contributed by atoms with E-state index < -0.39 is 0 Å². The Morgan fingerprint density at radius 3 is 2.50 bits per heavy atom. The minimum absolute atomic E-state index is 0.0366.